The first-order chi connectivity index (χ1) is 11.5. The molecule has 1 saturated carbocycles. The summed E-state index contributed by atoms with van der Waals surface area (Å²) >= 11 is -2.03. The fourth-order valence-corrected chi connectivity index (χ4v) is 4.79. The molecule has 2 N–H and O–H groups in total. The van der Waals surface area contributed by atoms with Crippen molar-refractivity contribution in [1.82, 2.24) is 4.90 Å². The van der Waals surface area contributed by atoms with E-state index in [1.807, 2.05) is 0 Å². The number of nitrogens with zero attached hydrogens (tertiary/aromatic N) is 1. The summed E-state index contributed by atoms with van der Waals surface area (Å²) in [5.74, 6) is 1.18. The Labute approximate surface area is 145 Å². The summed E-state index contributed by atoms with van der Waals surface area (Å²) in [5, 5.41) is 10.2. The molecule has 1 fully saturated rings. The van der Waals surface area contributed by atoms with Gasteiger partial charge in [-0.2, -0.15) is 0 Å². The Morgan fingerprint density at radius 2 is 2.04 bits per heavy atom. The Kier molecular flexibility index (Phi) is 4.06. The molecule has 4 rings (SSSR count). The van der Waals surface area contributed by atoms with Crippen molar-refractivity contribution in [1.29, 1.82) is 0 Å². The van der Waals surface area contributed by atoms with Crippen molar-refractivity contribution in [2.75, 3.05) is 6.54 Å². The first-order valence-electron chi connectivity index (χ1n) is 8.89. The van der Waals surface area contributed by atoms with Gasteiger partial charge in [0.2, 0.25) is 0 Å². The zero-order chi connectivity index (χ0) is 17.0. The number of benzene rings is 1. The van der Waals surface area contributed by atoms with Crippen LogP contribution in [0, 0.1) is 11.8 Å². The second kappa shape index (κ2) is 5.97. The van der Waals surface area contributed by atoms with Gasteiger partial charge in [-0.15, -0.1) is 0 Å². The summed E-state index contributed by atoms with van der Waals surface area (Å²) in [7, 11) is 0. The van der Waals surface area contributed by atoms with E-state index < -0.39 is 17.2 Å². The third-order valence-corrected chi connectivity index (χ3v) is 6.11. The molecule has 5 heteroatoms. The summed E-state index contributed by atoms with van der Waals surface area (Å²) < 4.78 is 21.7. The van der Waals surface area contributed by atoms with Gasteiger partial charge >= 0.3 is 0 Å². The van der Waals surface area contributed by atoms with Crippen LogP contribution in [0.5, 0.6) is 0 Å². The van der Waals surface area contributed by atoms with Gasteiger partial charge in [0.25, 0.3) is 0 Å². The van der Waals surface area contributed by atoms with Crippen molar-refractivity contribution in [2.45, 2.75) is 57.1 Å². The van der Waals surface area contributed by atoms with Gasteiger partial charge in [-0.05, 0) is 71.9 Å². The third-order valence-electron chi connectivity index (χ3n) is 5.39. The van der Waals surface area contributed by atoms with E-state index in [2.05, 4.69) is 24.8 Å². The quantitative estimate of drug-likeness (QED) is 0.819. The summed E-state index contributed by atoms with van der Waals surface area (Å²) in [6.45, 7) is 6.27. The van der Waals surface area contributed by atoms with Gasteiger partial charge in [-0.3, -0.25) is 0 Å². The van der Waals surface area contributed by atoms with E-state index in [1.165, 1.54) is 24.1 Å². The van der Waals surface area contributed by atoms with Crippen molar-refractivity contribution in [3.8, 4) is 0 Å². The number of aliphatic hydroxyl groups is 1. The molecule has 1 heterocycles. The van der Waals surface area contributed by atoms with Crippen LogP contribution in [0.25, 0.3) is 6.08 Å². The standard InChI is InChI=1S/C19H25NO3S/c1-11(2)9-20-10-16-13-5-6-18(21)14(13)8-19(24(22)23)15(16)7-17(20)12-3-4-12/h7-8,11-12,18,21H,3-6,9-10H2,1-2H3,(H,22,23). The average Bonchev–Trinajstić information content (AvgIpc) is 3.29. The number of hydrogen-bond acceptors (Lipinski definition) is 3. The maximum Gasteiger partial charge on any atom is 0.187 e. The van der Waals surface area contributed by atoms with E-state index in [-0.39, 0.29) is 0 Å². The molecule has 2 atom stereocenters. The lowest BCUT2D eigenvalue weighted by molar-refractivity contribution is 0.180. The molecule has 130 valence electrons. The van der Waals surface area contributed by atoms with Gasteiger partial charge in [-0.1, -0.05) is 13.8 Å². The maximum atomic E-state index is 11.9. The number of aliphatic hydroxyl groups excluding tert-OH is 1. The van der Waals surface area contributed by atoms with Crippen molar-refractivity contribution < 1.29 is 13.9 Å². The topological polar surface area (TPSA) is 60.8 Å². The van der Waals surface area contributed by atoms with Gasteiger partial charge in [0.15, 0.2) is 11.1 Å². The zero-order valence-electron chi connectivity index (χ0n) is 14.3. The van der Waals surface area contributed by atoms with Gasteiger partial charge in [0, 0.05) is 18.8 Å². The molecule has 3 aliphatic rings. The smallest absolute Gasteiger partial charge is 0.187 e. The first kappa shape index (κ1) is 16.3. The molecule has 1 aromatic carbocycles. The Morgan fingerprint density at radius 1 is 1.29 bits per heavy atom. The van der Waals surface area contributed by atoms with Crippen molar-refractivity contribution in [3.63, 3.8) is 0 Å². The molecule has 2 unspecified atom stereocenters. The van der Waals surface area contributed by atoms with Crippen molar-refractivity contribution in [2.24, 2.45) is 11.8 Å². The largest absolute Gasteiger partial charge is 0.388 e. The van der Waals surface area contributed by atoms with Crippen LogP contribution in [0.2, 0.25) is 0 Å². The van der Waals surface area contributed by atoms with Gasteiger partial charge in [0.05, 0.1) is 11.0 Å². The maximum absolute atomic E-state index is 11.9. The monoisotopic (exact) mass is 347 g/mol. The SMILES string of the molecule is CC(C)CN1Cc2c(c(S(=O)O)cc3c2CCC3O)C=C1C1CC1. The van der Waals surface area contributed by atoms with Crippen LogP contribution >= 0.6 is 0 Å². The lowest BCUT2D eigenvalue weighted by atomic mass is 9.92. The fourth-order valence-electron chi connectivity index (χ4n) is 4.19. The molecule has 1 aliphatic heterocycles. The molecule has 0 saturated heterocycles. The fraction of sp³-hybridized carbons (Fsp3) is 0.579. The minimum Gasteiger partial charge on any atom is -0.388 e. The molecular formula is C19H25NO3S. The molecule has 1 aromatic rings. The molecular weight excluding hydrogens is 322 g/mol. The highest BCUT2D eigenvalue weighted by atomic mass is 32.2. The lowest BCUT2D eigenvalue weighted by Gasteiger charge is -2.35. The molecule has 2 aliphatic carbocycles. The molecule has 0 amide bonds. The number of hydrogen-bond donors (Lipinski definition) is 2. The van der Waals surface area contributed by atoms with E-state index in [0.29, 0.717) is 23.2 Å². The van der Waals surface area contributed by atoms with Gasteiger partial charge in [-0.25, -0.2) is 4.21 Å². The van der Waals surface area contributed by atoms with Crippen LogP contribution < -0.4 is 0 Å². The van der Waals surface area contributed by atoms with Gasteiger partial charge in [0.1, 0.15) is 0 Å². The van der Waals surface area contributed by atoms with Gasteiger partial charge < -0.3 is 14.6 Å². The average molecular weight is 347 g/mol. The zero-order valence-corrected chi connectivity index (χ0v) is 15.1. The normalized spacial score (nSPS) is 24.0. The Morgan fingerprint density at radius 3 is 2.67 bits per heavy atom. The van der Waals surface area contributed by atoms with Crippen LogP contribution in [-0.2, 0) is 24.0 Å². The highest BCUT2D eigenvalue weighted by Gasteiger charge is 2.36. The second-order valence-electron chi connectivity index (χ2n) is 7.76. The Hall–Kier alpha value is -1.17. The molecule has 4 nitrogen and oxygen atoms in total. The predicted octanol–water partition coefficient (Wildman–Crippen LogP) is 3.47. The van der Waals surface area contributed by atoms with E-state index in [4.69, 9.17) is 0 Å². The predicted molar refractivity (Wildman–Crippen MR) is 94.7 cm³/mol. The van der Waals surface area contributed by atoms with Crippen LogP contribution in [-0.4, -0.2) is 25.3 Å². The summed E-state index contributed by atoms with van der Waals surface area (Å²) in [6.07, 6.45) is 5.67. The van der Waals surface area contributed by atoms with Crippen LogP contribution in [0.1, 0.15) is 61.5 Å². The lowest BCUT2D eigenvalue weighted by Crippen LogP contribution is -2.31. The molecule has 24 heavy (non-hydrogen) atoms. The highest BCUT2D eigenvalue weighted by molar-refractivity contribution is 7.79. The van der Waals surface area contributed by atoms with E-state index in [9.17, 15) is 13.9 Å². The highest BCUT2D eigenvalue weighted by Crippen LogP contribution is 2.46. The first-order valence-corrected chi connectivity index (χ1v) is 10.0. The summed E-state index contributed by atoms with van der Waals surface area (Å²) in [5.41, 5.74) is 5.49. The van der Waals surface area contributed by atoms with Crippen molar-refractivity contribution in [3.05, 3.63) is 34.0 Å². The van der Waals surface area contributed by atoms with E-state index in [0.717, 1.165) is 36.2 Å². The minimum atomic E-state index is -2.03. The number of rotatable bonds is 4. The van der Waals surface area contributed by atoms with E-state index in [1.54, 1.807) is 6.07 Å². The number of allylic oxidation sites excluding steroid dienone is 1. The van der Waals surface area contributed by atoms with Crippen molar-refractivity contribution >= 4 is 17.2 Å². The molecule has 0 radical (unpaired) electrons. The third kappa shape index (κ3) is 2.72. The van der Waals surface area contributed by atoms with E-state index >= 15 is 0 Å². The minimum absolute atomic E-state index is 0.465. The van der Waals surface area contributed by atoms with Crippen LogP contribution in [0.3, 0.4) is 0 Å². The second-order valence-corrected chi connectivity index (χ2v) is 8.69. The van der Waals surface area contributed by atoms with Crippen LogP contribution in [0.15, 0.2) is 16.7 Å². The van der Waals surface area contributed by atoms with Crippen LogP contribution in [0.4, 0.5) is 0 Å². The molecule has 0 spiro atoms. The summed E-state index contributed by atoms with van der Waals surface area (Å²) in [4.78, 5) is 2.92. The summed E-state index contributed by atoms with van der Waals surface area (Å²) in [6, 6.07) is 1.76. The Bertz CT molecular complexity index is 737. The number of fused-ring (bicyclic) bond motifs is 3. The molecule has 0 bridgehead atoms. The molecule has 0 aromatic heterocycles. The Balaban J connectivity index is 1.87.